The van der Waals surface area contributed by atoms with E-state index in [1.54, 1.807) is 0 Å². The van der Waals surface area contributed by atoms with Crippen LogP contribution >= 0.6 is 11.3 Å². The van der Waals surface area contributed by atoms with Gasteiger partial charge in [0.15, 0.2) is 0 Å². The molecule has 0 N–H and O–H groups in total. The monoisotopic (exact) mass is 956 g/mol. The van der Waals surface area contributed by atoms with Gasteiger partial charge in [-0.05, 0) is 171 Å². The molecule has 3 aliphatic rings. The van der Waals surface area contributed by atoms with E-state index in [2.05, 4.69) is 267 Å². The van der Waals surface area contributed by atoms with Crippen molar-refractivity contribution in [3.05, 3.63) is 204 Å². The summed E-state index contributed by atoms with van der Waals surface area (Å²) in [4.78, 5) is 7.69. The summed E-state index contributed by atoms with van der Waals surface area (Å²) in [6.07, 6.45) is 2.35. The number of aryl methyl sites for hydroxylation is 1. The average molecular weight is 956 g/mol. The van der Waals surface area contributed by atoms with Crippen LogP contribution in [0, 0.1) is 6.92 Å². The van der Waals surface area contributed by atoms with Gasteiger partial charge in [-0.2, -0.15) is 0 Å². The number of nitrogens with zero attached hydrogens (tertiary/aromatic N) is 3. The van der Waals surface area contributed by atoms with Crippen LogP contribution < -0.4 is 30.4 Å². The fourth-order valence-electron chi connectivity index (χ4n) is 12.1. The number of rotatable bonds is 6. The molecule has 3 nitrogen and oxygen atoms in total. The van der Waals surface area contributed by atoms with Gasteiger partial charge in [-0.1, -0.05) is 160 Å². The van der Waals surface area contributed by atoms with Crippen LogP contribution in [0.25, 0.3) is 21.2 Å². The molecule has 0 unspecified atom stereocenters. The number of thiophene rings is 1. The first-order chi connectivity index (χ1) is 34.4. The fraction of sp³-hybridized carbons (Fsp3) is 0.254. The summed E-state index contributed by atoms with van der Waals surface area (Å²) >= 11 is 2.02. The predicted molar refractivity (Wildman–Crippen MR) is 313 cm³/mol. The predicted octanol–water partition coefficient (Wildman–Crippen LogP) is 17.4. The third kappa shape index (κ3) is 7.53. The summed E-state index contributed by atoms with van der Waals surface area (Å²) in [5, 5.41) is 1.35. The first-order valence-corrected chi connectivity index (χ1v) is 26.9. The van der Waals surface area contributed by atoms with Crippen molar-refractivity contribution in [2.45, 2.75) is 111 Å². The Kier molecular flexibility index (Phi) is 10.7. The van der Waals surface area contributed by atoms with Gasteiger partial charge in [0.25, 0.3) is 6.71 Å². The molecule has 3 heterocycles. The lowest BCUT2D eigenvalue weighted by molar-refractivity contribution is 0.332. The largest absolute Gasteiger partial charge is 0.311 e. The Morgan fingerprint density at radius 3 is 1.67 bits per heavy atom. The van der Waals surface area contributed by atoms with E-state index in [-0.39, 0.29) is 28.4 Å². The van der Waals surface area contributed by atoms with Crippen molar-refractivity contribution in [2.24, 2.45) is 0 Å². The zero-order chi connectivity index (χ0) is 50.1. The highest BCUT2D eigenvalue weighted by atomic mass is 32.1. The highest BCUT2D eigenvalue weighted by Crippen LogP contribution is 2.54. The molecule has 12 rings (SSSR count). The summed E-state index contributed by atoms with van der Waals surface area (Å²) in [5.41, 5.74) is 22.9. The molecule has 1 aromatic heterocycles. The Labute approximate surface area is 432 Å². The Balaban J connectivity index is 1.20. The minimum absolute atomic E-state index is 0.0117. The van der Waals surface area contributed by atoms with Gasteiger partial charge in [0, 0.05) is 60.2 Å². The molecule has 0 spiro atoms. The van der Waals surface area contributed by atoms with E-state index < -0.39 is 0 Å². The molecular weight excluding hydrogens is 890 g/mol. The molecule has 358 valence electrons. The summed E-state index contributed by atoms with van der Waals surface area (Å²) < 4.78 is 2.77. The van der Waals surface area contributed by atoms with E-state index in [1.807, 2.05) is 11.3 Å². The highest BCUT2D eigenvalue weighted by molar-refractivity contribution is 7.33. The Morgan fingerprint density at radius 1 is 0.514 bits per heavy atom. The molecular formula is C67H66BN3S. The van der Waals surface area contributed by atoms with Crippen LogP contribution in [0.4, 0.5) is 51.2 Å². The van der Waals surface area contributed by atoms with Crippen LogP contribution in [-0.2, 0) is 21.7 Å². The van der Waals surface area contributed by atoms with Crippen LogP contribution in [0.1, 0.15) is 110 Å². The van der Waals surface area contributed by atoms with E-state index in [1.165, 1.54) is 106 Å². The van der Waals surface area contributed by atoms with Crippen molar-refractivity contribution in [1.82, 2.24) is 0 Å². The fourth-order valence-corrected chi connectivity index (χ4v) is 13.4. The summed E-state index contributed by atoms with van der Waals surface area (Å²) in [6, 6.07) is 67.0. The van der Waals surface area contributed by atoms with Gasteiger partial charge in [0.2, 0.25) is 0 Å². The van der Waals surface area contributed by atoms with Crippen LogP contribution in [0.2, 0.25) is 0 Å². The first-order valence-electron chi connectivity index (χ1n) is 26.1. The Morgan fingerprint density at radius 2 is 1.07 bits per heavy atom. The van der Waals surface area contributed by atoms with E-state index >= 15 is 0 Å². The van der Waals surface area contributed by atoms with Crippen molar-refractivity contribution in [2.75, 3.05) is 14.7 Å². The zero-order valence-corrected chi connectivity index (χ0v) is 44.8. The summed E-state index contributed by atoms with van der Waals surface area (Å²) in [7, 11) is 0. The number of hydrogen-bond acceptors (Lipinski definition) is 4. The molecule has 0 saturated carbocycles. The Hall–Kier alpha value is -6.82. The molecule has 1 aliphatic carbocycles. The van der Waals surface area contributed by atoms with Gasteiger partial charge in [-0.3, -0.25) is 0 Å². The normalized spacial score (nSPS) is 15.5. The molecule has 0 radical (unpaired) electrons. The molecule has 5 heteroatoms. The molecule has 2 aliphatic heterocycles. The second-order valence-corrected chi connectivity index (χ2v) is 25.3. The van der Waals surface area contributed by atoms with E-state index in [4.69, 9.17) is 0 Å². The number of para-hydroxylation sites is 2. The van der Waals surface area contributed by atoms with Crippen molar-refractivity contribution in [3.8, 4) is 11.1 Å². The number of anilines is 9. The molecule has 72 heavy (non-hydrogen) atoms. The number of fused-ring (bicyclic) bond motifs is 7. The number of benzene rings is 8. The van der Waals surface area contributed by atoms with Crippen molar-refractivity contribution < 1.29 is 0 Å². The van der Waals surface area contributed by atoms with Crippen molar-refractivity contribution in [3.63, 3.8) is 0 Å². The second-order valence-electron chi connectivity index (χ2n) is 24.2. The molecule has 0 saturated heterocycles. The lowest BCUT2D eigenvalue weighted by Gasteiger charge is -2.44. The standard InChI is InChI=1S/C67H66BN3S/c1-43-37-58-61-59(38-43)71(56-34-29-46(65(5,6)7)39-51(56)44-21-15-12-16-22-44)62-52-41-53-54(67(10,11)36-35-66(53,8)9)42-60(52)72-63(62)68(61)55-33-32-50(69(47-23-17-13-18-24-47)48-25-19-14-20-26-48)40-57(55)70(58)49-30-27-45(28-31-49)64(2,3)4/h12-34,37-42H,35-36H2,1-11H3. The zero-order valence-electron chi connectivity index (χ0n) is 44.0. The molecule has 8 aromatic carbocycles. The SMILES string of the molecule is Cc1cc2c3c(c1)N(c1ccc(C(C)(C)C)cc1-c1ccccc1)c1c(sc4cc5c(cc14)C(C)(C)CCC5(C)C)B3c1ccc(N(c3ccccc3)c3ccccc3)cc1N2c1ccc(C(C)(C)C)cc1. The van der Waals surface area contributed by atoms with Crippen LogP contribution in [-0.4, -0.2) is 6.71 Å². The summed E-state index contributed by atoms with van der Waals surface area (Å²) in [6.45, 7) is 26.1. The van der Waals surface area contributed by atoms with Crippen molar-refractivity contribution in [1.29, 1.82) is 0 Å². The van der Waals surface area contributed by atoms with E-state index in [0.29, 0.717) is 0 Å². The lowest BCUT2D eigenvalue weighted by Crippen LogP contribution is -2.60. The molecule has 0 atom stereocenters. The average Bonchev–Trinajstić information content (AvgIpc) is 3.73. The smallest absolute Gasteiger partial charge is 0.264 e. The maximum atomic E-state index is 2.70. The quantitative estimate of drug-likeness (QED) is 0.154. The van der Waals surface area contributed by atoms with Gasteiger partial charge in [0.1, 0.15) is 0 Å². The summed E-state index contributed by atoms with van der Waals surface area (Å²) in [5.74, 6) is 0. The molecule has 0 fully saturated rings. The van der Waals surface area contributed by atoms with Gasteiger partial charge >= 0.3 is 0 Å². The van der Waals surface area contributed by atoms with Gasteiger partial charge in [-0.25, -0.2) is 0 Å². The number of hydrogen-bond donors (Lipinski definition) is 0. The topological polar surface area (TPSA) is 9.72 Å². The minimum Gasteiger partial charge on any atom is -0.311 e. The maximum absolute atomic E-state index is 2.70. The molecule has 9 aromatic rings. The van der Waals surface area contributed by atoms with Gasteiger partial charge in [-0.15, -0.1) is 11.3 Å². The lowest BCUT2D eigenvalue weighted by atomic mass is 9.36. The van der Waals surface area contributed by atoms with Gasteiger partial charge in [0.05, 0.1) is 11.4 Å². The van der Waals surface area contributed by atoms with Gasteiger partial charge < -0.3 is 14.7 Å². The third-order valence-electron chi connectivity index (χ3n) is 16.2. The highest BCUT2D eigenvalue weighted by Gasteiger charge is 2.47. The molecule has 0 amide bonds. The Bertz CT molecular complexity index is 3520. The second kappa shape index (κ2) is 16.6. The van der Waals surface area contributed by atoms with E-state index in [9.17, 15) is 0 Å². The molecule has 0 bridgehead atoms. The van der Waals surface area contributed by atoms with Crippen molar-refractivity contribution >= 4 is 95.0 Å². The third-order valence-corrected chi connectivity index (χ3v) is 17.4. The van der Waals surface area contributed by atoms with Crippen LogP contribution in [0.15, 0.2) is 176 Å². The first kappa shape index (κ1) is 46.3. The minimum atomic E-state index is -0.0303. The van der Waals surface area contributed by atoms with E-state index in [0.717, 1.165) is 22.7 Å². The van der Waals surface area contributed by atoms with Crippen LogP contribution in [0.5, 0.6) is 0 Å². The maximum Gasteiger partial charge on any atom is 0.264 e. The van der Waals surface area contributed by atoms with Crippen LogP contribution in [0.3, 0.4) is 0 Å².